The quantitative estimate of drug-likeness (QED) is 0.488. The van der Waals surface area contributed by atoms with Crippen molar-refractivity contribution in [3.05, 3.63) is 59.8 Å². The van der Waals surface area contributed by atoms with Gasteiger partial charge in [-0.3, -0.25) is 0 Å². The van der Waals surface area contributed by atoms with E-state index < -0.39 is 5.92 Å². The summed E-state index contributed by atoms with van der Waals surface area (Å²) in [6.45, 7) is 12.0. The van der Waals surface area contributed by atoms with Crippen molar-refractivity contribution in [2.24, 2.45) is 0 Å². The molecule has 0 aliphatic heterocycles. The van der Waals surface area contributed by atoms with Crippen LogP contribution in [-0.2, 0) is 5.92 Å². The van der Waals surface area contributed by atoms with E-state index in [4.69, 9.17) is 4.98 Å². The molecular formula is C22H28F2N2. The Balaban J connectivity index is 2.41. The first-order chi connectivity index (χ1) is 12.2. The van der Waals surface area contributed by atoms with Gasteiger partial charge in [0.2, 0.25) is 0 Å². The number of nitrogens with zero attached hydrogens (tertiary/aromatic N) is 2. The molecule has 0 spiro atoms. The van der Waals surface area contributed by atoms with Crippen molar-refractivity contribution in [1.82, 2.24) is 4.98 Å². The maximum absolute atomic E-state index is 13.7. The molecule has 0 aliphatic rings. The predicted molar refractivity (Wildman–Crippen MR) is 106 cm³/mol. The van der Waals surface area contributed by atoms with Gasteiger partial charge < -0.3 is 4.90 Å². The largest absolute Gasteiger partial charge is 0.331 e. The monoisotopic (exact) mass is 358 g/mol. The molecule has 0 saturated heterocycles. The van der Waals surface area contributed by atoms with Gasteiger partial charge in [0.05, 0.1) is 5.69 Å². The van der Waals surface area contributed by atoms with Crippen LogP contribution in [0.1, 0.15) is 51.2 Å². The van der Waals surface area contributed by atoms with Gasteiger partial charge in [-0.25, -0.2) is 13.8 Å². The van der Waals surface area contributed by atoms with Crippen LogP contribution in [0.4, 0.5) is 14.6 Å². The molecule has 26 heavy (non-hydrogen) atoms. The van der Waals surface area contributed by atoms with Crippen molar-refractivity contribution in [1.29, 1.82) is 0 Å². The smallest absolute Gasteiger partial charge is 0.270 e. The Morgan fingerprint density at radius 1 is 1.19 bits per heavy atom. The molecule has 1 aromatic carbocycles. The van der Waals surface area contributed by atoms with E-state index in [9.17, 15) is 8.78 Å². The average molecular weight is 358 g/mol. The van der Waals surface area contributed by atoms with E-state index in [0.29, 0.717) is 11.3 Å². The maximum atomic E-state index is 13.7. The van der Waals surface area contributed by atoms with Gasteiger partial charge in [0, 0.05) is 30.3 Å². The minimum Gasteiger partial charge on any atom is -0.331 e. The van der Waals surface area contributed by atoms with E-state index in [1.54, 1.807) is 6.07 Å². The molecule has 0 N–H and O–H groups in total. The number of anilines is 1. The lowest BCUT2D eigenvalue weighted by Crippen LogP contribution is -2.23. The third-order valence-corrected chi connectivity index (χ3v) is 4.44. The van der Waals surface area contributed by atoms with Crippen molar-refractivity contribution >= 4 is 5.82 Å². The van der Waals surface area contributed by atoms with Crippen molar-refractivity contribution in [2.45, 2.75) is 52.9 Å². The van der Waals surface area contributed by atoms with Crippen LogP contribution in [0.2, 0.25) is 0 Å². The second-order valence-electron chi connectivity index (χ2n) is 6.90. The van der Waals surface area contributed by atoms with E-state index >= 15 is 0 Å². The van der Waals surface area contributed by atoms with Crippen LogP contribution in [0.25, 0.3) is 11.3 Å². The third kappa shape index (κ3) is 4.90. The van der Waals surface area contributed by atoms with Gasteiger partial charge in [-0.05, 0) is 38.0 Å². The zero-order chi connectivity index (χ0) is 19.3. The zero-order valence-electron chi connectivity index (χ0n) is 16.1. The Hall–Kier alpha value is -2.23. The Bertz CT molecular complexity index is 763. The summed E-state index contributed by atoms with van der Waals surface area (Å²) in [5.74, 6) is -2.02. The maximum Gasteiger partial charge on any atom is 0.270 e. The topological polar surface area (TPSA) is 16.1 Å². The Kier molecular flexibility index (Phi) is 6.52. The number of aromatic nitrogens is 1. The molecule has 2 rings (SSSR count). The number of aryl methyl sites for hydroxylation is 1. The molecule has 2 aromatic rings. The second kappa shape index (κ2) is 8.43. The van der Waals surface area contributed by atoms with Crippen LogP contribution >= 0.6 is 0 Å². The van der Waals surface area contributed by atoms with Gasteiger partial charge in [0.1, 0.15) is 5.82 Å². The summed E-state index contributed by atoms with van der Waals surface area (Å²) in [5.41, 5.74) is 3.37. The number of alkyl halides is 2. The molecule has 0 aliphatic carbocycles. The SMILES string of the molecule is C=C(C)N(CCCCC)c1nc(-c2cccc(C(C)(F)F)c2)ccc1C. The molecule has 4 heteroatoms. The fourth-order valence-corrected chi connectivity index (χ4v) is 2.90. The number of rotatable bonds is 8. The summed E-state index contributed by atoms with van der Waals surface area (Å²) >= 11 is 0. The molecule has 1 aromatic heterocycles. The fourth-order valence-electron chi connectivity index (χ4n) is 2.90. The van der Waals surface area contributed by atoms with Crippen molar-refractivity contribution in [3.63, 3.8) is 0 Å². The fraction of sp³-hybridized carbons (Fsp3) is 0.409. The summed E-state index contributed by atoms with van der Waals surface area (Å²) in [6.07, 6.45) is 3.36. The van der Waals surface area contributed by atoms with Gasteiger partial charge in [0.15, 0.2) is 0 Å². The standard InChI is InChI=1S/C22H28F2N2/c1-6-7-8-14-26(16(2)3)21-17(4)12-13-20(25-21)18-10-9-11-19(15-18)22(5,23)24/h9-13,15H,2,6-8,14H2,1,3-5H3. The van der Waals surface area contributed by atoms with Gasteiger partial charge >= 0.3 is 0 Å². The van der Waals surface area contributed by atoms with E-state index in [1.165, 1.54) is 12.1 Å². The molecule has 0 amide bonds. The van der Waals surface area contributed by atoms with Crippen LogP contribution in [0, 0.1) is 6.92 Å². The number of allylic oxidation sites excluding steroid dienone is 1. The lowest BCUT2D eigenvalue weighted by Gasteiger charge is -2.26. The van der Waals surface area contributed by atoms with Crippen LogP contribution < -0.4 is 4.90 Å². The lowest BCUT2D eigenvalue weighted by atomic mass is 10.0. The number of unbranched alkanes of at least 4 members (excludes halogenated alkanes) is 2. The number of pyridine rings is 1. The molecule has 0 bridgehead atoms. The number of hydrogen-bond acceptors (Lipinski definition) is 2. The number of benzene rings is 1. The summed E-state index contributed by atoms with van der Waals surface area (Å²) in [7, 11) is 0. The van der Waals surface area contributed by atoms with Crippen LogP contribution in [-0.4, -0.2) is 11.5 Å². The Morgan fingerprint density at radius 3 is 2.54 bits per heavy atom. The summed E-state index contributed by atoms with van der Waals surface area (Å²) < 4.78 is 27.3. The number of halogens is 2. The normalized spacial score (nSPS) is 11.5. The second-order valence-corrected chi connectivity index (χ2v) is 6.90. The van der Waals surface area contributed by atoms with Gasteiger partial charge in [-0.2, -0.15) is 0 Å². The molecule has 0 fully saturated rings. The van der Waals surface area contributed by atoms with Crippen molar-refractivity contribution in [2.75, 3.05) is 11.4 Å². The molecule has 0 saturated carbocycles. The Labute approximate surface area is 155 Å². The zero-order valence-corrected chi connectivity index (χ0v) is 16.1. The molecule has 140 valence electrons. The predicted octanol–water partition coefficient (Wildman–Crippen LogP) is 6.70. The Morgan fingerprint density at radius 2 is 1.92 bits per heavy atom. The summed E-state index contributed by atoms with van der Waals surface area (Å²) in [4.78, 5) is 6.90. The minimum atomic E-state index is -2.87. The molecular weight excluding hydrogens is 330 g/mol. The van der Waals surface area contributed by atoms with Crippen molar-refractivity contribution in [3.8, 4) is 11.3 Å². The van der Waals surface area contributed by atoms with Gasteiger partial charge in [-0.15, -0.1) is 0 Å². The van der Waals surface area contributed by atoms with Gasteiger partial charge in [0.25, 0.3) is 5.92 Å². The molecule has 0 atom stereocenters. The molecule has 0 unspecified atom stereocenters. The first-order valence-electron chi connectivity index (χ1n) is 9.13. The molecule has 0 radical (unpaired) electrons. The first-order valence-corrected chi connectivity index (χ1v) is 9.13. The third-order valence-electron chi connectivity index (χ3n) is 4.44. The van der Waals surface area contributed by atoms with Gasteiger partial charge in [-0.1, -0.05) is 50.6 Å². The van der Waals surface area contributed by atoms with E-state index in [-0.39, 0.29) is 5.56 Å². The van der Waals surface area contributed by atoms with Crippen LogP contribution in [0.5, 0.6) is 0 Å². The lowest BCUT2D eigenvalue weighted by molar-refractivity contribution is 0.0175. The highest BCUT2D eigenvalue weighted by Gasteiger charge is 2.24. The van der Waals surface area contributed by atoms with E-state index in [1.807, 2.05) is 32.0 Å². The van der Waals surface area contributed by atoms with Crippen LogP contribution in [0.15, 0.2) is 48.7 Å². The first kappa shape index (κ1) is 20.1. The number of hydrogen-bond donors (Lipinski definition) is 0. The molecule has 2 nitrogen and oxygen atoms in total. The van der Waals surface area contributed by atoms with Crippen molar-refractivity contribution < 1.29 is 8.78 Å². The summed E-state index contributed by atoms with van der Waals surface area (Å²) in [6, 6.07) is 10.3. The van der Waals surface area contributed by atoms with E-state index in [2.05, 4.69) is 18.4 Å². The van der Waals surface area contributed by atoms with Crippen LogP contribution in [0.3, 0.4) is 0 Å². The molecule has 1 heterocycles. The minimum absolute atomic E-state index is 0.00127. The highest BCUT2D eigenvalue weighted by molar-refractivity contribution is 5.65. The highest BCUT2D eigenvalue weighted by Crippen LogP contribution is 2.31. The highest BCUT2D eigenvalue weighted by atomic mass is 19.3. The van der Waals surface area contributed by atoms with E-state index in [0.717, 1.165) is 49.8 Å². The average Bonchev–Trinajstić information content (AvgIpc) is 2.59. The summed E-state index contributed by atoms with van der Waals surface area (Å²) in [5, 5.41) is 0.